The van der Waals surface area contributed by atoms with Gasteiger partial charge in [0, 0.05) is 24.8 Å². The van der Waals surface area contributed by atoms with Gasteiger partial charge in [-0.2, -0.15) is 0 Å². The third kappa shape index (κ3) is 2.90. The number of hydrogen-bond acceptors (Lipinski definition) is 4. The number of carboxylic acid groups (broad SMARTS) is 1. The summed E-state index contributed by atoms with van der Waals surface area (Å²) >= 11 is 0. The van der Waals surface area contributed by atoms with Gasteiger partial charge in [0.05, 0.1) is 5.69 Å². The number of carboxylic acids is 1. The first-order chi connectivity index (χ1) is 9.13. The molecule has 6 heteroatoms. The topological polar surface area (TPSA) is 96.5 Å². The summed E-state index contributed by atoms with van der Waals surface area (Å²) in [6.07, 6.45) is 3.71. The van der Waals surface area contributed by atoms with Crippen LogP contribution in [0, 0.1) is 0 Å². The number of amides is 1. The lowest BCUT2D eigenvalue weighted by Gasteiger charge is -2.33. The third-order valence-electron chi connectivity index (χ3n) is 3.32. The Balaban J connectivity index is 2.23. The van der Waals surface area contributed by atoms with E-state index < -0.39 is 12.0 Å². The highest BCUT2D eigenvalue weighted by molar-refractivity contribution is 5.96. The maximum atomic E-state index is 12.4. The van der Waals surface area contributed by atoms with Crippen LogP contribution in [-0.4, -0.2) is 39.5 Å². The average Bonchev–Trinajstić information content (AvgIpc) is 2.46. The van der Waals surface area contributed by atoms with Gasteiger partial charge in [0.25, 0.3) is 5.91 Å². The van der Waals surface area contributed by atoms with E-state index in [0.29, 0.717) is 24.2 Å². The number of pyridine rings is 1. The zero-order valence-electron chi connectivity index (χ0n) is 10.6. The standard InChI is InChI=1S/C13H17N3O3/c14-8-10-7-9(4-5-15-10)12(17)16-6-2-1-3-11(16)13(18)19/h4-5,7,11H,1-3,6,8,14H2,(H,18,19)/t11-/m0/s1. The molecular weight excluding hydrogens is 246 g/mol. The van der Waals surface area contributed by atoms with Crippen molar-refractivity contribution >= 4 is 11.9 Å². The van der Waals surface area contributed by atoms with E-state index >= 15 is 0 Å². The van der Waals surface area contributed by atoms with E-state index in [1.807, 2.05) is 0 Å². The van der Waals surface area contributed by atoms with Crippen LogP contribution in [0.1, 0.15) is 35.3 Å². The summed E-state index contributed by atoms with van der Waals surface area (Å²) in [5.74, 6) is -1.20. The third-order valence-corrected chi connectivity index (χ3v) is 3.32. The second-order valence-electron chi connectivity index (χ2n) is 4.59. The smallest absolute Gasteiger partial charge is 0.326 e. The van der Waals surface area contributed by atoms with Crippen LogP contribution in [0.2, 0.25) is 0 Å². The second kappa shape index (κ2) is 5.79. The molecule has 3 N–H and O–H groups in total. The SMILES string of the molecule is NCc1cc(C(=O)N2CCCC[C@H]2C(=O)O)ccn1. The van der Waals surface area contributed by atoms with Crippen molar-refractivity contribution in [3.63, 3.8) is 0 Å². The molecule has 1 atom stereocenters. The predicted molar refractivity (Wildman–Crippen MR) is 68.4 cm³/mol. The van der Waals surface area contributed by atoms with E-state index in [4.69, 9.17) is 5.73 Å². The Kier molecular flexibility index (Phi) is 4.11. The minimum atomic E-state index is -0.943. The Morgan fingerprint density at radius 2 is 2.26 bits per heavy atom. The number of hydrogen-bond donors (Lipinski definition) is 2. The molecule has 0 saturated carbocycles. The molecule has 6 nitrogen and oxygen atoms in total. The van der Waals surface area contributed by atoms with Gasteiger partial charge in [0.15, 0.2) is 0 Å². The van der Waals surface area contributed by atoms with Gasteiger partial charge < -0.3 is 15.7 Å². The normalized spacial score (nSPS) is 19.2. The van der Waals surface area contributed by atoms with Gasteiger partial charge >= 0.3 is 5.97 Å². The molecular formula is C13H17N3O3. The number of aromatic nitrogens is 1. The molecule has 0 bridgehead atoms. The van der Waals surface area contributed by atoms with E-state index in [9.17, 15) is 14.7 Å². The summed E-state index contributed by atoms with van der Waals surface area (Å²) in [5.41, 5.74) is 6.56. The Morgan fingerprint density at radius 1 is 1.47 bits per heavy atom. The molecule has 19 heavy (non-hydrogen) atoms. The van der Waals surface area contributed by atoms with Gasteiger partial charge in [0.2, 0.25) is 0 Å². The van der Waals surface area contributed by atoms with Crippen LogP contribution < -0.4 is 5.73 Å². The number of carbonyl (C=O) groups is 2. The highest BCUT2D eigenvalue weighted by Crippen LogP contribution is 2.20. The summed E-state index contributed by atoms with van der Waals surface area (Å²) in [7, 11) is 0. The summed E-state index contributed by atoms with van der Waals surface area (Å²) in [6.45, 7) is 0.736. The van der Waals surface area contributed by atoms with Crippen LogP contribution in [0.5, 0.6) is 0 Å². The van der Waals surface area contributed by atoms with E-state index in [1.54, 1.807) is 12.1 Å². The van der Waals surface area contributed by atoms with E-state index in [0.717, 1.165) is 12.8 Å². The number of nitrogens with zero attached hydrogens (tertiary/aromatic N) is 2. The molecule has 1 aromatic rings. The molecule has 0 aromatic carbocycles. The van der Waals surface area contributed by atoms with Crippen molar-refractivity contribution in [1.29, 1.82) is 0 Å². The van der Waals surface area contributed by atoms with Crippen LogP contribution >= 0.6 is 0 Å². The number of piperidine rings is 1. The molecule has 0 spiro atoms. The highest BCUT2D eigenvalue weighted by atomic mass is 16.4. The average molecular weight is 263 g/mol. The summed E-state index contributed by atoms with van der Waals surface area (Å²) in [4.78, 5) is 29.0. The van der Waals surface area contributed by atoms with Crippen LogP contribution in [0.15, 0.2) is 18.3 Å². The van der Waals surface area contributed by atoms with Gasteiger partial charge in [-0.1, -0.05) is 0 Å². The molecule has 102 valence electrons. The maximum absolute atomic E-state index is 12.4. The van der Waals surface area contributed by atoms with Crippen molar-refractivity contribution in [2.24, 2.45) is 5.73 Å². The number of likely N-dealkylation sites (tertiary alicyclic amines) is 1. The number of carbonyl (C=O) groups excluding carboxylic acids is 1. The van der Waals surface area contributed by atoms with Crippen molar-refractivity contribution in [1.82, 2.24) is 9.88 Å². The maximum Gasteiger partial charge on any atom is 0.326 e. The predicted octanol–water partition coefficient (Wildman–Crippen LogP) is 0.620. The molecule has 1 amide bonds. The number of rotatable bonds is 3. The fourth-order valence-corrected chi connectivity index (χ4v) is 2.32. The quantitative estimate of drug-likeness (QED) is 0.833. The molecule has 1 aliphatic heterocycles. The number of aliphatic carboxylic acids is 1. The van der Waals surface area contributed by atoms with Gasteiger partial charge in [-0.05, 0) is 31.4 Å². The van der Waals surface area contributed by atoms with Crippen LogP contribution in [-0.2, 0) is 11.3 Å². The minimum Gasteiger partial charge on any atom is -0.480 e. The summed E-state index contributed by atoms with van der Waals surface area (Å²) in [5, 5.41) is 9.18. The van der Waals surface area contributed by atoms with Crippen LogP contribution in [0.25, 0.3) is 0 Å². The molecule has 0 aliphatic carbocycles. The lowest BCUT2D eigenvalue weighted by Crippen LogP contribution is -2.48. The Morgan fingerprint density at radius 3 is 2.95 bits per heavy atom. The van der Waals surface area contributed by atoms with Gasteiger partial charge in [-0.3, -0.25) is 9.78 Å². The summed E-state index contributed by atoms with van der Waals surface area (Å²) < 4.78 is 0. The molecule has 0 unspecified atom stereocenters. The van der Waals surface area contributed by atoms with Crippen molar-refractivity contribution in [3.8, 4) is 0 Å². The first kappa shape index (κ1) is 13.5. The lowest BCUT2D eigenvalue weighted by molar-refractivity contribution is -0.143. The molecule has 2 heterocycles. The van der Waals surface area contributed by atoms with Crippen LogP contribution in [0.4, 0.5) is 0 Å². The Bertz CT molecular complexity index is 490. The molecule has 1 fully saturated rings. The van der Waals surface area contributed by atoms with Crippen molar-refractivity contribution < 1.29 is 14.7 Å². The molecule has 2 rings (SSSR count). The number of nitrogens with two attached hydrogens (primary N) is 1. The first-order valence-electron chi connectivity index (χ1n) is 6.32. The van der Waals surface area contributed by atoms with E-state index in [-0.39, 0.29) is 12.5 Å². The lowest BCUT2D eigenvalue weighted by atomic mass is 10.0. The van der Waals surface area contributed by atoms with E-state index in [2.05, 4.69) is 4.98 Å². The molecule has 1 saturated heterocycles. The van der Waals surface area contributed by atoms with E-state index in [1.165, 1.54) is 11.1 Å². The Hall–Kier alpha value is -1.95. The zero-order valence-corrected chi connectivity index (χ0v) is 10.6. The Labute approximate surface area is 111 Å². The van der Waals surface area contributed by atoms with Crippen LogP contribution in [0.3, 0.4) is 0 Å². The largest absolute Gasteiger partial charge is 0.480 e. The summed E-state index contributed by atoms with van der Waals surface area (Å²) in [6, 6.07) is 2.49. The van der Waals surface area contributed by atoms with Crippen molar-refractivity contribution in [3.05, 3.63) is 29.6 Å². The minimum absolute atomic E-state index is 0.253. The van der Waals surface area contributed by atoms with Gasteiger partial charge in [-0.25, -0.2) is 4.79 Å². The first-order valence-corrected chi connectivity index (χ1v) is 6.32. The van der Waals surface area contributed by atoms with Gasteiger partial charge in [-0.15, -0.1) is 0 Å². The fourth-order valence-electron chi connectivity index (χ4n) is 2.32. The second-order valence-corrected chi connectivity index (χ2v) is 4.59. The molecule has 1 aromatic heterocycles. The zero-order chi connectivity index (χ0) is 13.8. The van der Waals surface area contributed by atoms with Crippen molar-refractivity contribution in [2.75, 3.05) is 6.54 Å². The van der Waals surface area contributed by atoms with Gasteiger partial charge in [0.1, 0.15) is 6.04 Å². The van der Waals surface area contributed by atoms with Crippen molar-refractivity contribution in [2.45, 2.75) is 31.8 Å². The highest BCUT2D eigenvalue weighted by Gasteiger charge is 2.32. The molecule has 1 aliphatic rings. The fraction of sp³-hybridized carbons (Fsp3) is 0.462. The monoisotopic (exact) mass is 263 g/mol. The molecule has 0 radical (unpaired) electrons.